The number of nitrogens with zero attached hydrogens (tertiary/aromatic N) is 1. The summed E-state index contributed by atoms with van der Waals surface area (Å²) in [5.74, 6) is 1.15. The zero-order valence-corrected chi connectivity index (χ0v) is 12.2. The largest absolute Gasteiger partial charge is 0.494 e. The Balaban J connectivity index is 1.91. The third kappa shape index (κ3) is 3.81. The summed E-state index contributed by atoms with van der Waals surface area (Å²) in [6.07, 6.45) is 0.518. The molecule has 2 atom stereocenters. The maximum atomic E-state index is 12.2. The number of rotatable bonds is 5. The highest BCUT2D eigenvalue weighted by atomic mass is 16.5. The second-order valence-electron chi connectivity index (χ2n) is 5.45. The molecule has 1 aliphatic heterocycles. The van der Waals surface area contributed by atoms with E-state index in [1.54, 1.807) is 0 Å². The minimum Gasteiger partial charge on any atom is -0.494 e. The third-order valence-corrected chi connectivity index (χ3v) is 3.80. The smallest absolute Gasteiger partial charge is 0.176 e. The van der Waals surface area contributed by atoms with Gasteiger partial charge in [-0.3, -0.25) is 9.69 Å². The predicted octanol–water partition coefficient (Wildman–Crippen LogP) is 1.97. The van der Waals surface area contributed by atoms with Crippen molar-refractivity contribution in [1.29, 1.82) is 0 Å². The first-order valence-electron chi connectivity index (χ1n) is 7.26. The van der Waals surface area contributed by atoms with Crippen molar-refractivity contribution in [2.45, 2.75) is 26.4 Å². The second kappa shape index (κ2) is 6.86. The Labute approximate surface area is 120 Å². The highest BCUT2D eigenvalue weighted by Gasteiger charge is 2.25. The van der Waals surface area contributed by atoms with Gasteiger partial charge in [-0.25, -0.2) is 0 Å². The number of aliphatic hydroxyl groups is 1. The first kappa shape index (κ1) is 15.0. The van der Waals surface area contributed by atoms with Gasteiger partial charge in [0.25, 0.3) is 0 Å². The van der Waals surface area contributed by atoms with Crippen LogP contribution in [0.1, 0.15) is 30.6 Å². The Morgan fingerprint density at radius 3 is 2.70 bits per heavy atom. The van der Waals surface area contributed by atoms with Gasteiger partial charge in [-0.15, -0.1) is 0 Å². The second-order valence-corrected chi connectivity index (χ2v) is 5.45. The van der Waals surface area contributed by atoms with Gasteiger partial charge in [-0.1, -0.05) is 6.92 Å². The Bertz CT molecular complexity index is 444. The molecular formula is C16H23NO3. The van der Waals surface area contributed by atoms with Gasteiger partial charge in [0, 0.05) is 18.7 Å². The number of hydrogen-bond acceptors (Lipinski definition) is 4. The molecule has 1 fully saturated rings. The minimum absolute atomic E-state index is 0.122. The summed E-state index contributed by atoms with van der Waals surface area (Å²) in [5.41, 5.74) is 0.715. The molecule has 0 bridgehead atoms. The maximum Gasteiger partial charge on any atom is 0.176 e. The van der Waals surface area contributed by atoms with Crippen LogP contribution in [-0.2, 0) is 0 Å². The van der Waals surface area contributed by atoms with Crippen molar-refractivity contribution in [2.75, 3.05) is 26.2 Å². The zero-order chi connectivity index (χ0) is 14.5. The van der Waals surface area contributed by atoms with Crippen molar-refractivity contribution in [3.8, 4) is 5.75 Å². The Hall–Kier alpha value is -1.39. The number of ether oxygens (including phenoxy) is 1. The number of likely N-dealkylation sites (tertiary alicyclic amines) is 1. The number of ketones is 1. The lowest BCUT2D eigenvalue weighted by Gasteiger charge is -2.33. The monoisotopic (exact) mass is 277 g/mol. The number of carbonyl (C=O) groups is 1. The molecule has 0 radical (unpaired) electrons. The molecule has 1 aliphatic rings. The molecule has 110 valence electrons. The first-order chi connectivity index (χ1) is 9.60. The summed E-state index contributed by atoms with van der Waals surface area (Å²) in [6, 6.07) is 7.30. The molecule has 1 heterocycles. The van der Waals surface area contributed by atoms with Gasteiger partial charge in [0.2, 0.25) is 0 Å². The van der Waals surface area contributed by atoms with E-state index in [1.165, 1.54) is 0 Å². The van der Waals surface area contributed by atoms with E-state index in [0.717, 1.165) is 25.3 Å². The fourth-order valence-electron chi connectivity index (χ4n) is 2.56. The molecule has 0 aromatic heterocycles. The van der Waals surface area contributed by atoms with E-state index in [4.69, 9.17) is 4.74 Å². The van der Waals surface area contributed by atoms with E-state index in [-0.39, 0.29) is 17.8 Å². The number of benzene rings is 1. The summed E-state index contributed by atoms with van der Waals surface area (Å²) >= 11 is 0. The molecule has 0 amide bonds. The summed E-state index contributed by atoms with van der Waals surface area (Å²) < 4.78 is 5.37. The molecule has 1 aromatic rings. The van der Waals surface area contributed by atoms with E-state index in [0.29, 0.717) is 18.7 Å². The minimum atomic E-state index is -0.230. The molecule has 0 spiro atoms. The van der Waals surface area contributed by atoms with Crippen molar-refractivity contribution in [3.63, 3.8) is 0 Å². The molecule has 1 aromatic carbocycles. The van der Waals surface area contributed by atoms with E-state index in [1.807, 2.05) is 38.1 Å². The van der Waals surface area contributed by atoms with Gasteiger partial charge in [0.05, 0.1) is 19.3 Å². The quantitative estimate of drug-likeness (QED) is 0.836. The summed E-state index contributed by atoms with van der Waals surface area (Å²) in [6.45, 7) is 6.58. The SMILES string of the molecule is CCOc1ccc(C(=O)CN2CCC(O)C(C)C2)cc1. The van der Waals surface area contributed by atoms with Crippen molar-refractivity contribution in [2.24, 2.45) is 5.92 Å². The third-order valence-electron chi connectivity index (χ3n) is 3.80. The summed E-state index contributed by atoms with van der Waals surface area (Å²) in [7, 11) is 0. The Kier molecular flexibility index (Phi) is 5.15. The summed E-state index contributed by atoms with van der Waals surface area (Å²) in [4.78, 5) is 14.3. The molecule has 1 N–H and O–H groups in total. The lowest BCUT2D eigenvalue weighted by atomic mass is 9.96. The molecule has 2 rings (SSSR count). The molecule has 0 saturated carbocycles. The fourth-order valence-corrected chi connectivity index (χ4v) is 2.56. The van der Waals surface area contributed by atoms with Crippen LogP contribution in [0.2, 0.25) is 0 Å². The van der Waals surface area contributed by atoms with E-state index in [9.17, 15) is 9.90 Å². The van der Waals surface area contributed by atoms with Gasteiger partial charge >= 0.3 is 0 Å². The van der Waals surface area contributed by atoms with Crippen LogP contribution in [0.5, 0.6) is 5.75 Å². The van der Waals surface area contributed by atoms with E-state index in [2.05, 4.69) is 4.90 Å². The van der Waals surface area contributed by atoms with Crippen molar-refractivity contribution < 1.29 is 14.6 Å². The lowest BCUT2D eigenvalue weighted by molar-refractivity contribution is 0.0344. The fraction of sp³-hybridized carbons (Fsp3) is 0.562. The zero-order valence-electron chi connectivity index (χ0n) is 12.2. The number of hydrogen-bond donors (Lipinski definition) is 1. The normalized spacial score (nSPS) is 23.6. The number of piperidine rings is 1. The maximum absolute atomic E-state index is 12.2. The molecule has 2 unspecified atom stereocenters. The number of aliphatic hydroxyl groups excluding tert-OH is 1. The van der Waals surface area contributed by atoms with E-state index < -0.39 is 0 Å². The Morgan fingerprint density at radius 2 is 2.10 bits per heavy atom. The van der Waals surface area contributed by atoms with Crippen LogP contribution in [0, 0.1) is 5.92 Å². The van der Waals surface area contributed by atoms with Gasteiger partial charge in [-0.2, -0.15) is 0 Å². The summed E-state index contributed by atoms with van der Waals surface area (Å²) in [5, 5.41) is 9.70. The highest BCUT2D eigenvalue weighted by Crippen LogP contribution is 2.18. The molecule has 4 heteroatoms. The average Bonchev–Trinajstić information content (AvgIpc) is 2.44. The average molecular weight is 277 g/mol. The van der Waals surface area contributed by atoms with Gasteiger partial charge in [0.15, 0.2) is 5.78 Å². The topological polar surface area (TPSA) is 49.8 Å². The standard InChI is InChI=1S/C16H23NO3/c1-3-20-14-6-4-13(5-7-14)16(19)11-17-9-8-15(18)12(2)10-17/h4-7,12,15,18H,3,8-11H2,1-2H3. The molecule has 1 saturated heterocycles. The van der Waals surface area contributed by atoms with Gasteiger partial charge in [-0.05, 0) is 43.5 Å². The molecular weight excluding hydrogens is 254 g/mol. The van der Waals surface area contributed by atoms with Gasteiger partial charge < -0.3 is 9.84 Å². The van der Waals surface area contributed by atoms with Crippen molar-refractivity contribution in [1.82, 2.24) is 4.90 Å². The lowest BCUT2D eigenvalue weighted by Crippen LogP contribution is -2.44. The number of Topliss-reactive ketones (excluding diaryl/α,β-unsaturated/α-hetero) is 1. The van der Waals surface area contributed by atoms with Crippen LogP contribution in [0.25, 0.3) is 0 Å². The molecule has 4 nitrogen and oxygen atoms in total. The molecule has 0 aliphatic carbocycles. The number of carbonyl (C=O) groups excluding carboxylic acids is 1. The van der Waals surface area contributed by atoms with Crippen molar-refractivity contribution in [3.05, 3.63) is 29.8 Å². The molecule has 20 heavy (non-hydrogen) atoms. The van der Waals surface area contributed by atoms with Crippen LogP contribution in [0.4, 0.5) is 0 Å². The van der Waals surface area contributed by atoms with Crippen LogP contribution in [-0.4, -0.2) is 48.1 Å². The van der Waals surface area contributed by atoms with Crippen molar-refractivity contribution >= 4 is 5.78 Å². The van der Waals surface area contributed by atoms with Gasteiger partial charge in [0.1, 0.15) is 5.75 Å². The highest BCUT2D eigenvalue weighted by molar-refractivity contribution is 5.97. The predicted molar refractivity (Wildman–Crippen MR) is 78.2 cm³/mol. The van der Waals surface area contributed by atoms with Crippen LogP contribution in [0.15, 0.2) is 24.3 Å². The van der Waals surface area contributed by atoms with Crippen LogP contribution >= 0.6 is 0 Å². The van der Waals surface area contributed by atoms with E-state index >= 15 is 0 Å². The van der Waals surface area contributed by atoms with Crippen LogP contribution < -0.4 is 4.74 Å². The Morgan fingerprint density at radius 1 is 1.40 bits per heavy atom. The van der Waals surface area contributed by atoms with Crippen LogP contribution in [0.3, 0.4) is 0 Å². The first-order valence-corrected chi connectivity index (χ1v) is 7.26.